The van der Waals surface area contributed by atoms with Crippen LogP contribution in [0.1, 0.15) is 40.9 Å². The van der Waals surface area contributed by atoms with Crippen LogP contribution in [0.25, 0.3) is 0 Å². The van der Waals surface area contributed by atoms with Gasteiger partial charge in [-0.25, -0.2) is 0 Å². The van der Waals surface area contributed by atoms with Crippen LogP contribution in [-0.4, -0.2) is 17.7 Å². The van der Waals surface area contributed by atoms with Gasteiger partial charge in [0.2, 0.25) is 11.8 Å². The Hall–Kier alpha value is -2.67. The molecule has 2 aromatic rings. The number of anilines is 3. The fourth-order valence-corrected chi connectivity index (χ4v) is 3.76. The van der Waals surface area contributed by atoms with Crippen LogP contribution >= 0.6 is 11.3 Å². The number of hydrogen-bond acceptors (Lipinski definition) is 4. The molecule has 6 nitrogen and oxygen atoms in total. The summed E-state index contributed by atoms with van der Waals surface area (Å²) < 4.78 is 0. The molecule has 2 fully saturated rings. The van der Waals surface area contributed by atoms with Crippen molar-refractivity contribution in [3.63, 3.8) is 0 Å². The topological polar surface area (TPSA) is 87.3 Å². The van der Waals surface area contributed by atoms with Crippen molar-refractivity contribution in [2.45, 2.75) is 32.6 Å². The van der Waals surface area contributed by atoms with Gasteiger partial charge in [0.1, 0.15) is 0 Å². The standard InChI is InChI=1S/C20H21N3O3S/c1-11-9-16(23-19(25)13-7-8-13)27-17(11)20(26)22-15-4-2-3-14(10-15)21-18(24)12-5-6-12/h2-4,9-10,12-13H,5-8H2,1H3,(H,21,24)(H,22,26)(H,23,25). The number of carbonyl (C=O) groups is 3. The van der Waals surface area contributed by atoms with Gasteiger partial charge in [-0.1, -0.05) is 6.07 Å². The van der Waals surface area contributed by atoms with Crippen molar-refractivity contribution < 1.29 is 14.4 Å². The second-order valence-corrected chi connectivity index (χ2v) is 8.24. The summed E-state index contributed by atoms with van der Waals surface area (Å²) in [6.45, 7) is 1.85. The zero-order chi connectivity index (χ0) is 19.0. The zero-order valence-electron chi connectivity index (χ0n) is 15.0. The molecule has 3 N–H and O–H groups in total. The molecule has 0 radical (unpaired) electrons. The predicted octanol–water partition coefficient (Wildman–Crippen LogP) is 4.01. The summed E-state index contributed by atoms with van der Waals surface area (Å²) >= 11 is 1.27. The van der Waals surface area contributed by atoms with E-state index in [1.807, 2.05) is 13.0 Å². The molecule has 7 heteroatoms. The summed E-state index contributed by atoms with van der Waals surface area (Å²) in [7, 11) is 0. The first-order valence-electron chi connectivity index (χ1n) is 9.13. The SMILES string of the molecule is Cc1cc(NC(=O)C2CC2)sc1C(=O)Nc1cccc(NC(=O)C2CC2)c1. The van der Waals surface area contributed by atoms with Crippen molar-refractivity contribution in [2.75, 3.05) is 16.0 Å². The van der Waals surface area contributed by atoms with E-state index in [-0.39, 0.29) is 29.6 Å². The summed E-state index contributed by atoms with van der Waals surface area (Å²) in [6, 6.07) is 8.95. The second-order valence-electron chi connectivity index (χ2n) is 7.18. The molecule has 140 valence electrons. The molecule has 0 aliphatic heterocycles. The van der Waals surface area contributed by atoms with Crippen molar-refractivity contribution in [1.29, 1.82) is 0 Å². The molecule has 0 unspecified atom stereocenters. The number of hydrogen-bond donors (Lipinski definition) is 3. The van der Waals surface area contributed by atoms with E-state index in [2.05, 4.69) is 16.0 Å². The third-order valence-electron chi connectivity index (χ3n) is 4.65. The van der Waals surface area contributed by atoms with E-state index in [0.29, 0.717) is 21.3 Å². The van der Waals surface area contributed by atoms with Crippen molar-refractivity contribution in [3.05, 3.63) is 40.8 Å². The maximum absolute atomic E-state index is 12.6. The number of amides is 3. The number of nitrogens with one attached hydrogen (secondary N) is 3. The fourth-order valence-electron chi connectivity index (χ4n) is 2.79. The molecule has 27 heavy (non-hydrogen) atoms. The minimum absolute atomic E-state index is 0.0299. The molecule has 2 aliphatic carbocycles. The van der Waals surface area contributed by atoms with Gasteiger partial charge in [0, 0.05) is 23.2 Å². The van der Waals surface area contributed by atoms with Gasteiger partial charge in [0.25, 0.3) is 5.91 Å². The van der Waals surface area contributed by atoms with Gasteiger partial charge >= 0.3 is 0 Å². The van der Waals surface area contributed by atoms with Crippen LogP contribution in [0.4, 0.5) is 16.4 Å². The van der Waals surface area contributed by atoms with Crippen LogP contribution in [0.2, 0.25) is 0 Å². The van der Waals surface area contributed by atoms with Crippen LogP contribution < -0.4 is 16.0 Å². The predicted molar refractivity (Wildman–Crippen MR) is 106 cm³/mol. The largest absolute Gasteiger partial charge is 0.326 e. The van der Waals surface area contributed by atoms with Crippen molar-refractivity contribution in [2.24, 2.45) is 11.8 Å². The van der Waals surface area contributed by atoms with E-state index in [0.717, 1.165) is 31.2 Å². The molecule has 2 aliphatic rings. The van der Waals surface area contributed by atoms with Crippen LogP contribution in [0.5, 0.6) is 0 Å². The minimum atomic E-state index is -0.227. The third kappa shape index (κ3) is 4.36. The van der Waals surface area contributed by atoms with E-state index in [1.165, 1.54) is 11.3 Å². The highest BCUT2D eigenvalue weighted by Crippen LogP contribution is 2.33. The maximum atomic E-state index is 12.6. The number of thiophene rings is 1. The maximum Gasteiger partial charge on any atom is 0.266 e. The zero-order valence-corrected chi connectivity index (χ0v) is 15.8. The third-order valence-corrected chi connectivity index (χ3v) is 5.81. The Kier molecular flexibility index (Phi) is 4.70. The van der Waals surface area contributed by atoms with E-state index in [1.54, 1.807) is 24.3 Å². The first kappa shape index (κ1) is 17.7. The first-order valence-corrected chi connectivity index (χ1v) is 9.95. The monoisotopic (exact) mass is 383 g/mol. The number of benzene rings is 1. The number of rotatable bonds is 6. The molecule has 0 atom stereocenters. The highest BCUT2D eigenvalue weighted by atomic mass is 32.1. The molecular weight excluding hydrogens is 362 g/mol. The summed E-state index contributed by atoms with van der Waals surface area (Å²) in [5, 5.41) is 9.32. The Balaban J connectivity index is 1.41. The molecule has 4 rings (SSSR count). The fraction of sp³-hybridized carbons (Fsp3) is 0.350. The number of carbonyl (C=O) groups excluding carboxylic acids is 3. The molecule has 3 amide bonds. The van der Waals surface area contributed by atoms with Crippen LogP contribution in [0.3, 0.4) is 0 Å². The minimum Gasteiger partial charge on any atom is -0.326 e. The van der Waals surface area contributed by atoms with E-state index >= 15 is 0 Å². The van der Waals surface area contributed by atoms with E-state index < -0.39 is 0 Å². The molecule has 2 saturated carbocycles. The lowest BCUT2D eigenvalue weighted by atomic mass is 10.2. The van der Waals surface area contributed by atoms with Crippen LogP contribution in [0, 0.1) is 18.8 Å². The quantitative estimate of drug-likeness (QED) is 0.704. The molecule has 1 heterocycles. The van der Waals surface area contributed by atoms with Crippen molar-refractivity contribution >= 4 is 45.4 Å². The molecule has 1 aromatic heterocycles. The lowest BCUT2D eigenvalue weighted by Crippen LogP contribution is -2.14. The van der Waals surface area contributed by atoms with Crippen LogP contribution in [-0.2, 0) is 9.59 Å². The highest BCUT2D eigenvalue weighted by molar-refractivity contribution is 7.18. The molecular formula is C20H21N3O3S. The Morgan fingerprint density at radius 3 is 2.11 bits per heavy atom. The summed E-state index contributed by atoms with van der Waals surface area (Å²) in [4.78, 5) is 37.0. The van der Waals surface area contributed by atoms with Crippen molar-refractivity contribution in [1.82, 2.24) is 0 Å². The Morgan fingerprint density at radius 1 is 0.889 bits per heavy atom. The van der Waals surface area contributed by atoms with Gasteiger partial charge in [0.05, 0.1) is 9.88 Å². The molecule has 1 aromatic carbocycles. The van der Waals surface area contributed by atoms with E-state index in [9.17, 15) is 14.4 Å². The van der Waals surface area contributed by atoms with Gasteiger partial charge < -0.3 is 16.0 Å². The average Bonchev–Trinajstić information content (AvgIpc) is 3.53. The van der Waals surface area contributed by atoms with Crippen molar-refractivity contribution in [3.8, 4) is 0 Å². The average molecular weight is 383 g/mol. The number of aryl methyl sites for hydroxylation is 1. The Morgan fingerprint density at radius 2 is 1.48 bits per heavy atom. The molecule has 0 spiro atoms. The summed E-state index contributed by atoms with van der Waals surface area (Å²) in [6.07, 6.45) is 3.77. The molecule has 0 saturated heterocycles. The van der Waals surface area contributed by atoms with Crippen LogP contribution in [0.15, 0.2) is 30.3 Å². The van der Waals surface area contributed by atoms with Gasteiger partial charge in [0.15, 0.2) is 0 Å². The molecule has 0 bridgehead atoms. The summed E-state index contributed by atoms with van der Waals surface area (Å²) in [5.41, 5.74) is 2.11. The Bertz CT molecular complexity index is 913. The van der Waals surface area contributed by atoms with E-state index in [4.69, 9.17) is 0 Å². The highest BCUT2D eigenvalue weighted by Gasteiger charge is 2.30. The van der Waals surface area contributed by atoms with Gasteiger partial charge in [-0.15, -0.1) is 11.3 Å². The lowest BCUT2D eigenvalue weighted by Gasteiger charge is -2.08. The van der Waals surface area contributed by atoms with Gasteiger partial charge in [-0.3, -0.25) is 14.4 Å². The second kappa shape index (κ2) is 7.15. The normalized spacial score (nSPS) is 15.9. The van der Waals surface area contributed by atoms with Gasteiger partial charge in [-0.05, 0) is 62.4 Å². The smallest absolute Gasteiger partial charge is 0.266 e. The lowest BCUT2D eigenvalue weighted by molar-refractivity contribution is -0.118. The Labute approximate surface area is 161 Å². The first-order chi connectivity index (χ1) is 13.0. The summed E-state index contributed by atoms with van der Waals surface area (Å²) in [5.74, 6) is 0.0839. The van der Waals surface area contributed by atoms with Gasteiger partial charge in [-0.2, -0.15) is 0 Å².